The van der Waals surface area contributed by atoms with Crippen molar-refractivity contribution in [1.29, 1.82) is 0 Å². The van der Waals surface area contributed by atoms with Gasteiger partial charge in [-0.15, -0.1) is 0 Å². The van der Waals surface area contributed by atoms with Crippen LogP contribution in [0.5, 0.6) is 0 Å². The molecule has 42 heavy (non-hydrogen) atoms. The van der Waals surface area contributed by atoms with E-state index in [4.69, 9.17) is 33.3 Å². The van der Waals surface area contributed by atoms with Crippen LogP contribution >= 0.6 is 23.2 Å². The minimum Gasteiger partial charge on any atom is -0.481 e. The van der Waals surface area contributed by atoms with Gasteiger partial charge >= 0.3 is 5.97 Å². The monoisotopic (exact) mass is 615 g/mol. The fourth-order valence-corrected chi connectivity index (χ4v) is 6.57. The maximum absolute atomic E-state index is 12.5. The van der Waals surface area contributed by atoms with Gasteiger partial charge in [-0.2, -0.15) is 0 Å². The number of carboxylic acids is 1. The van der Waals surface area contributed by atoms with Crippen LogP contribution in [0.25, 0.3) is 0 Å². The zero-order chi connectivity index (χ0) is 31.1. The standard InChI is InChI=1S/C33H43Cl2N3O4/c1-6-29(22-8-10-23(11-9-22)31(42)36-17-14-30(40)41)38(5)33(15-12-25(13-16-33)32(3,4)7-2)37-28(21-39)24-18-26(34)20-27(35)19-24/h8-11,18-21,25,29H,6-7,12-17H2,1-5H3,(H,36,42)(H,40,41)/b37-28+. The Morgan fingerprint density at radius 2 is 1.69 bits per heavy atom. The number of aliphatic imine (C=N–C) groups is 1. The van der Waals surface area contributed by atoms with Crippen LogP contribution < -0.4 is 5.32 Å². The number of hydrogen-bond donors (Lipinski definition) is 2. The van der Waals surface area contributed by atoms with Gasteiger partial charge in [0, 0.05) is 33.8 Å². The second-order valence-electron chi connectivity index (χ2n) is 11.9. The molecule has 228 valence electrons. The molecule has 1 unspecified atom stereocenters. The van der Waals surface area contributed by atoms with Crippen molar-refractivity contribution < 1.29 is 19.5 Å². The Bertz CT molecular complexity index is 1260. The van der Waals surface area contributed by atoms with Crippen LogP contribution in [0.3, 0.4) is 0 Å². The lowest BCUT2D eigenvalue weighted by Crippen LogP contribution is -2.51. The summed E-state index contributed by atoms with van der Waals surface area (Å²) in [6.07, 6.45) is 6.12. The summed E-state index contributed by atoms with van der Waals surface area (Å²) in [6, 6.07) is 12.5. The molecule has 2 aromatic rings. The number of hydrogen-bond acceptors (Lipinski definition) is 5. The lowest BCUT2D eigenvalue weighted by Gasteiger charge is -2.49. The van der Waals surface area contributed by atoms with Crippen molar-refractivity contribution >= 4 is 47.1 Å². The zero-order valence-electron chi connectivity index (χ0n) is 25.3. The molecule has 0 radical (unpaired) electrons. The van der Waals surface area contributed by atoms with E-state index in [9.17, 15) is 14.4 Å². The average Bonchev–Trinajstić information content (AvgIpc) is 2.96. The van der Waals surface area contributed by atoms with Crippen molar-refractivity contribution in [1.82, 2.24) is 10.2 Å². The van der Waals surface area contributed by atoms with Crippen LogP contribution in [-0.4, -0.2) is 53.1 Å². The van der Waals surface area contributed by atoms with Gasteiger partial charge in [0.25, 0.3) is 5.91 Å². The number of benzene rings is 2. The molecule has 1 saturated carbocycles. The number of carboxylic acid groups (broad SMARTS) is 1. The molecule has 1 amide bonds. The van der Waals surface area contributed by atoms with E-state index in [1.165, 1.54) is 0 Å². The highest BCUT2D eigenvalue weighted by molar-refractivity contribution is 6.39. The number of aliphatic carboxylic acids is 1. The van der Waals surface area contributed by atoms with Crippen LogP contribution in [0.2, 0.25) is 10.0 Å². The van der Waals surface area contributed by atoms with Gasteiger partial charge in [0.05, 0.1) is 6.42 Å². The van der Waals surface area contributed by atoms with Gasteiger partial charge in [0.1, 0.15) is 11.4 Å². The third-order valence-electron chi connectivity index (χ3n) is 9.09. The number of aldehydes is 1. The number of carbonyl (C=O) groups excluding carboxylic acids is 2. The number of nitrogens with zero attached hydrogens (tertiary/aromatic N) is 2. The molecule has 0 aliphatic heterocycles. The molecule has 2 aromatic carbocycles. The number of nitrogens with one attached hydrogen (secondary N) is 1. The van der Waals surface area contributed by atoms with E-state index in [1.54, 1.807) is 30.3 Å². The first-order valence-electron chi connectivity index (χ1n) is 14.7. The molecule has 0 aromatic heterocycles. The molecule has 1 aliphatic rings. The van der Waals surface area contributed by atoms with Crippen molar-refractivity contribution in [2.75, 3.05) is 13.6 Å². The smallest absolute Gasteiger partial charge is 0.305 e. The summed E-state index contributed by atoms with van der Waals surface area (Å²) in [5, 5.41) is 12.4. The molecule has 0 bridgehead atoms. The molecule has 0 heterocycles. The normalized spacial score (nSPS) is 20.3. The van der Waals surface area contributed by atoms with Crippen LogP contribution in [-0.2, 0) is 9.59 Å². The molecular weight excluding hydrogens is 573 g/mol. The lowest BCUT2D eigenvalue weighted by molar-refractivity contribution is -0.136. The summed E-state index contributed by atoms with van der Waals surface area (Å²) in [5.74, 6) is -0.712. The summed E-state index contributed by atoms with van der Waals surface area (Å²) in [7, 11) is 2.07. The molecule has 3 rings (SSSR count). The topological polar surface area (TPSA) is 99.1 Å². The largest absolute Gasteiger partial charge is 0.481 e. The second-order valence-corrected chi connectivity index (χ2v) is 12.8. The van der Waals surface area contributed by atoms with Gasteiger partial charge in [-0.05, 0) is 86.4 Å². The predicted octanol–water partition coefficient (Wildman–Crippen LogP) is 7.59. The Balaban J connectivity index is 1.97. The molecule has 7 nitrogen and oxygen atoms in total. The fraction of sp³-hybridized carbons (Fsp3) is 0.515. The summed E-state index contributed by atoms with van der Waals surface area (Å²) in [6.45, 7) is 9.09. The van der Waals surface area contributed by atoms with Crippen molar-refractivity contribution in [2.45, 2.75) is 84.3 Å². The first kappa shape index (κ1) is 33.8. The predicted molar refractivity (Wildman–Crippen MR) is 170 cm³/mol. The highest BCUT2D eigenvalue weighted by Crippen LogP contribution is 2.48. The number of amides is 1. The first-order valence-corrected chi connectivity index (χ1v) is 15.5. The Morgan fingerprint density at radius 1 is 1.10 bits per heavy atom. The van der Waals surface area contributed by atoms with Crippen molar-refractivity contribution in [3.63, 3.8) is 0 Å². The molecule has 1 fully saturated rings. The van der Waals surface area contributed by atoms with E-state index in [0.717, 1.165) is 50.4 Å². The van der Waals surface area contributed by atoms with Gasteiger partial charge in [0.2, 0.25) is 0 Å². The Morgan fingerprint density at radius 3 is 2.19 bits per heavy atom. The highest BCUT2D eigenvalue weighted by Gasteiger charge is 2.44. The minimum atomic E-state index is -0.959. The van der Waals surface area contributed by atoms with Gasteiger partial charge in [0.15, 0.2) is 6.29 Å². The van der Waals surface area contributed by atoms with E-state index >= 15 is 0 Å². The SMILES string of the molecule is CCC(c1ccc(C(=O)NCCC(=O)O)cc1)N(C)C1(/N=C(\C=O)c2cc(Cl)cc(Cl)c2)CCC(C(C)(C)CC)CC1. The van der Waals surface area contributed by atoms with E-state index in [-0.39, 0.29) is 30.3 Å². The van der Waals surface area contributed by atoms with E-state index in [1.807, 2.05) is 12.1 Å². The zero-order valence-corrected chi connectivity index (χ0v) is 26.8. The maximum Gasteiger partial charge on any atom is 0.305 e. The molecule has 0 saturated heterocycles. The highest BCUT2D eigenvalue weighted by atomic mass is 35.5. The molecule has 1 atom stereocenters. The van der Waals surface area contributed by atoms with Crippen molar-refractivity contribution in [3.05, 3.63) is 69.2 Å². The first-order chi connectivity index (χ1) is 19.9. The lowest BCUT2D eigenvalue weighted by atomic mass is 9.67. The Labute approximate surface area is 259 Å². The third kappa shape index (κ3) is 8.21. The average molecular weight is 617 g/mol. The molecule has 2 N–H and O–H groups in total. The Hall–Kier alpha value is -2.74. The molecule has 0 spiro atoms. The van der Waals surface area contributed by atoms with Gasteiger partial charge in [-0.1, -0.05) is 69.5 Å². The molecular formula is C33H43Cl2N3O4. The third-order valence-corrected chi connectivity index (χ3v) is 9.53. The van der Waals surface area contributed by atoms with Gasteiger partial charge in [-0.25, -0.2) is 0 Å². The van der Waals surface area contributed by atoms with Crippen molar-refractivity contribution in [3.8, 4) is 0 Å². The van der Waals surface area contributed by atoms with Gasteiger partial charge in [-0.3, -0.25) is 24.3 Å². The van der Waals surface area contributed by atoms with Crippen molar-refractivity contribution in [2.24, 2.45) is 16.3 Å². The van der Waals surface area contributed by atoms with Crippen LogP contribution in [0.4, 0.5) is 0 Å². The Kier molecular flexibility index (Phi) is 11.8. The number of rotatable bonds is 13. The number of carbonyl (C=O) groups is 3. The van der Waals surface area contributed by atoms with Gasteiger partial charge < -0.3 is 10.4 Å². The maximum atomic E-state index is 12.5. The quantitative estimate of drug-likeness (QED) is 0.179. The fourth-order valence-electron chi connectivity index (χ4n) is 6.04. The van der Waals surface area contributed by atoms with Crippen LogP contribution in [0.15, 0.2) is 47.5 Å². The summed E-state index contributed by atoms with van der Waals surface area (Å²) < 4.78 is 0. The molecule has 9 heteroatoms. The van der Waals surface area contributed by atoms with Crippen LogP contribution in [0, 0.1) is 11.3 Å². The second kappa shape index (κ2) is 14.6. The van der Waals surface area contributed by atoms with E-state index in [0.29, 0.717) is 32.8 Å². The summed E-state index contributed by atoms with van der Waals surface area (Å²) in [4.78, 5) is 43.2. The molecule has 1 aliphatic carbocycles. The van der Waals surface area contributed by atoms with E-state index < -0.39 is 11.6 Å². The van der Waals surface area contributed by atoms with E-state index in [2.05, 4.69) is 45.0 Å². The summed E-state index contributed by atoms with van der Waals surface area (Å²) >= 11 is 12.6. The van der Waals surface area contributed by atoms with Crippen LogP contribution in [0.1, 0.15) is 100 Å². The number of halogens is 2. The summed E-state index contributed by atoms with van der Waals surface area (Å²) in [5.41, 5.74) is 2.01. The minimum absolute atomic E-state index is 0.0236.